The van der Waals surface area contributed by atoms with E-state index in [0.717, 1.165) is 23.8 Å². The number of carbonyl (C=O) groups is 1. The van der Waals surface area contributed by atoms with Crippen LogP contribution in [0, 0.1) is 18.6 Å². The molecule has 4 rings (SSSR count). The third kappa shape index (κ3) is 3.25. The van der Waals surface area contributed by atoms with Crippen LogP contribution in [0.2, 0.25) is 0 Å². The van der Waals surface area contributed by atoms with E-state index in [9.17, 15) is 18.4 Å². The zero-order chi connectivity index (χ0) is 19.1. The number of likely N-dealkylation sites (tertiary alicyclic amines) is 1. The average molecular weight is 389 g/mol. The van der Waals surface area contributed by atoms with Gasteiger partial charge in [-0.3, -0.25) is 14.2 Å². The Morgan fingerprint density at radius 2 is 1.85 bits per heavy atom. The van der Waals surface area contributed by atoms with E-state index in [0.29, 0.717) is 34.4 Å². The fourth-order valence-corrected chi connectivity index (χ4v) is 4.51. The highest BCUT2D eigenvalue weighted by molar-refractivity contribution is 7.19. The van der Waals surface area contributed by atoms with Crippen LogP contribution in [0.4, 0.5) is 8.78 Å². The van der Waals surface area contributed by atoms with E-state index in [1.165, 1.54) is 34.4 Å². The molecule has 0 spiro atoms. The molecule has 1 amide bonds. The Labute approximate surface area is 157 Å². The molecule has 8 heteroatoms. The van der Waals surface area contributed by atoms with Crippen molar-refractivity contribution in [3.63, 3.8) is 0 Å². The largest absolute Gasteiger partial charge is 0.341 e. The second-order valence-corrected chi connectivity index (χ2v) is 7.84. The summed E-state index contributed by atoms with van der Waals surface area (Å²) in [6.07, 6.45) is 3.30. The number of hydrogen-bond donors (Lipinski definition) is 0. The molecule has 0 atom stereocenters. The molecule has 0 saturated carbocycles. The molecule has 1 aromatic carbocycles. The summed E-state index contributed by atoms with van der Waals surface area (Å²) in [6, 6.07) is 3.19. The van der Waals surface area contributed by atoms with Crippen LogP contribution in [0.3, 0.4) is 0 Å². The molecule has 0 N–H and O–H groups in total. The van der Waals surface area contributed by atoms with Crippen molar-refractivity contribution in [3.8, 4) is 11.1 Å². The molecule has 1 saturated heterocycles. The fourth-order valence-electron chi connectivity index (χ4n) is 3.51. The van der Waals surface area contributed by atoms with E-state index in [2.05, 4.69) is 4.98 Å². The quantitative estimate of drug-likeness (QED) is 0.690. The lowest BCUT2D eigenvalue weighted by atomic mass is 10.0. The molecule has 140 valence electrons. The van der Waals surface area contributed by atoms with Gasteiger partial charge in [0.25, 0.3) is 5.56 Å². The summed E-state index contributed by atoms with van der Waals surface area (Å²) in [5.74, 6) is -1.55. The van der Waals surface area contributed by atoms with Gasteiger partial charge in [0.1, 0.15) is 23.0 Å². The van der Waals surface area contributed by atoms with E-state index in [4.69, 9.17) is 0 Å². The van der Waals surface area contributed by atoms with Crippen LogP contribution in [-0.4, -0.2) is 33.4 Å². The normalized spacial score (nSPS) is 14.3. The van der Waals surface area contributed by atoms with Gasteiger partial charge in [-0.2, -0.15) is 0 Å². The second kappa shape index (κ2) is 6.84. The Morgan fingerprint density at radius 1 is 1.19 bits per heavy atom. The maximum absolute atomic E-state index is 13.7. The Bertz CT molecular complexity index is 1080. The number of thiophene rings is 1. The molecule has 1 fully saturated rings. The third-order valence-corrected chi connectivity index (χ3v) is 5.78. The summed E-state index contributed by atoms with van der Waals surface area (Å²) < 4.78 is 28.7. The first-order valence-electron chi connectivity index (χ1n) is 8.67. The predicted octanol–water partition coefficient (Wildman–Crippen LogP) is 3.33. The van der Waals surface area contributed by atoms with Crippen LogP contribution in [0.25, 0.3) is 21.3 Å². The van der Waals surface area contributed by atoms with Crippen LogP contribution < -0.4 is 5.56 Å². The van der Waals surface area contributed by atoms with Crippen molar-refractivity contribution in [1.82, 2.24) is 14.5 Å². The van der Waals surface area contributed by atoms with Crippen LogP contribution >= 0.6 is 11.3 Å². The first-order chi connectivity index (χ1) is 12.9. The number of nitrogens with zero attached hydrogens (tertiary/aromatic N) is 3. The molecule has 2 aromatic heterocycles. The number of fused-ring (bicyclic) bond motifs is 1. The van der Waals surface area contributed by atoms with Gasteiger partial charge in [0.15, 0.2) is 0 Å². The van der Waals surface area contributed by atoms with Gasteiger partial charge in [-0.25, -0.2) is 13.8 Å². The van der Waals surface area contributed by atoms with E-state index in [1.807, 2.05) is 0 Å². The Hall–Kier alpha value is -2.61. The van der Waals surface area contributed by atoms with Crippen LogP contribution in [-0.2, 0) is 11.3 Å². The summed E-state index contributed by atoms with van der Waals surface area (Å²) >= 11 is 1.29. The SMILES string of the molecule is Cc1sc2ncn(CC(=O)N3CCCC3)c(=O)c2c1-c1cc(F)cc(F)c1. The number of amides is 1. The highest BCUT2D eigenvalue weighted by atomic mass is 32.1. The van der Waals surface area contributed by atoms with Gasteiger partial charge in [0, 0.05) is 29.6 Å². The number of rotatable bonds is 3. The molecule has 0 aliphatic carbocycles. The van der Waals surface area contributed by atoms with Crippen molar-refractivity contribution >= 4 is 27.5 Å². The Morgan fingerprint density at radius 3 is 2.52 bits per heavy atom. The van der Waals surface area contributed by atoms with Gasteiger partial charge in [0.2, 0.25) is 5.91 Å². The molecule has 0 bridgehead atoms. The summed E-state index contributed by atoms with van der Waals surface area (Å²) in [6.45, 7) is 3.10. The zero-order valence-corrected chi connectivity index (χ0v) is 15.5. The first-order valence-corrected chi connectivity index (χ1v) is 9.48. The van der Waals surface area contributed by atoms with Gasteiger partial charge < -0.3 is 4.90 Å². The molecular formula is C19H17F2N3O2S. The van der Waals surface area contributed by atoms with Gasteiger partial charge in [0.05, 0.1) is 11.7 Å². The van der Waals surface area contributed by atoms with Gasteiger partial charge in [-0.1, -0.05) is 0 Å². The number of aromatic nitrogens is 2. The van der Waals surface area contributed by atoms with Crippen molar-refractivity contribution in [3.05, 3.63) is 51.4 Å². The van der Waals surface area contributed by atoms with Crippen LogP contribution in [0.15, 0.2) is 29.3 Å². The highest BCUT2D eigenvalue weighted by Gasteiger charge is 2.21. The van der Waals surface area contributed by atoms with Gasteiger partial charge in [-0.15, -0.1) is 11.3 Å². The van der Waals surface area contributed by atoms with E-state index < -0.39 is 11.6 Å². The number of aryl methyl sites for hydroxylation is 1. The minimum atomic E-state index is -0.711. The molecule has 1 aliphatic heterocycles. The third-order valence-electron chi connectivity index (χ3n) is 4.77. The second-order valence-electron chi connectivity index (χ2n) is 6.64. The fraction of sp³-hybridized carbons (Fsp3) is 0.316. The monoisotopic (exact) mass is 389 g/mol. The standard InChI is InChI=1S/C19H17F2N3O2S/c1-11-16(12-6-13(20)8-14(21)7-12)17-18(27-11)22-10-24(19(17)26)9-15(25)23-4-2-3-5-23/h6-8,10H,2-5,9H2,1H3. The molecular weight excluding hydrogens is 372 g/mol. The van der Waals surface area contributed by atoms with Gasteiger partial charge >= 0.3 is 0 Å². The minimum absolute atomic E-state index is 0.0897. The summed E-state index contributed by atoms with van der Waals surface area (Å²) in [5, 5.41) is 0.291. The maximum Gasteiger partial charge on any atom is 0.263 e. The average Bonchev–Trinajstić information content (AvgIpc) is 3.24. The molecule has 3 aromatic rings. The Balaban J connectivity index is 1.82. The number of hydrogen-bond acceptors (Lipinski definition) is 4. The lowest BCUT2D eigenvalue weighted by Crippen LogP contribution is -2.34. The van der Waals surface area contributed by atoms with E-state index >= 15 is 0 Å². The molecule has 1 aliphatic rings. The summed E-state index contributed by atoms with van der Waals surface area (Å²) in [7, 11) is 0. The molecule has 5 nitrogen and oxygen atoms in total. The smallest absolute Gasteiger partial charge is 0.263 e. The van der Waals surface area contributed by atoms with Crippen molar-refractivity contribution < 1.29 is 13.6 Å². The number of carbonyl (C=O) groups excluding carboxylic acids is 1. The van der Waals surface area contributed by atoms with Crippen molar-refractivity contribution in [2.75, 3.05) is 13.1 Å². The van der Waals surface area contributed by atoms with E-state index in [-0.39, 0.29) is 18.0 Å². The van der Waals surface area contributed by atoms with Crippen molar-refractivity contribution in [2.24, 2.45) is 0 Å². The first kappa shape index (κ1) is 17.8. The number of halogens is 2. The maximum atomic E-state index is 13.7. The molecule has 0 radical (unpaired) electrons. The lowest BCUT2D eigenvalue weighted by Gasteiger charge is -2.15. The van der Waals surface area contributed by atoms with Crippen LogP contribution in [0.1, 0.15) is 17.7 Å². The lowest BCUT2D eigenvalue weighted by molar-refractivity contribution is -0.130. The van der Waals surface area contributed by atoms with Crippen molar-refractivity contribution in [2.45, 2.75) is 26.3 Å². The number of benzene rings is 1. The Kier molecular flexibility index (Phi) is 4.51. The summed E-state index contributed by atoms with van der Waals surface area (Å²) in [4.78, 5) is 32.7. The minimum Gasteiger partial charge on any atom is -0.341 e. The topological polar surface area (TPSA) is 55.2 Å². The molecule has 27 heavy (non-hydrogen) atoms. The highest BCUT2D eigenvalue weighted by Crippen LogP contribution is 2.36. The summed E-state index contributed by atoms with van der Waals surface area (Å²) in [5.41, 5.74) is 0.379. The molecule has 3 heterocycles. The van der Waals surface area contributed by atoms with Gasteiger partial charge in [-0.05, 0) is 37.5 Å². The van der Waals surface area contributed by atoms with Crippen molar-refractivity contribution in [1.29, 1.82) is 0 Å². The van der Waals surface area contributed by atoms with Crippen LogP contribution in [0.5, 0.6) is 0 Å². The molecule has 0 unspecified atom stereocenters. The van der Waals surface area contributed by atoms with E-state index in [1.54, 1.807) is 11.8 Å². The predicted molar refractivity (Wildman–Crippen MR) is 99.8 cm³/mol. The zero-order valence-electron chi connectivity index (χ0n) is 14.7.